The maximum atomic E-state index is 9.17. The van der Waals surface area contributed by atoms with Crippen LogP contribution in [0.15, 0.2) is 22.9 Å². The zero-order chi connectivity index (χ0) is 11.4. The molecule has 1 aromatic rings. The minimum absolute atomic E-state index is 0.315. The minimum Gasteiger partial charge on any atom is -0.396 e. The highest BCUT2D eigenvalue weighted by Crippen LogP contribution is 2.18. The van der Waals surface area contributed by atoms with Crippen LogP contribution in [0.5, 0.6) is 0 Å². The van der Waals surface area contributed by atoms with E-state index in [0.29, 0.717) is 12.5 Å². The van der Waals surface area contributed by atoms with Crippen molar-refractivity contribution in [1.29, 1.82) is 0 Å². The topological polar surface area (TPSA) is 36.4 Å². The van der Waals surface area contributed by atoms with E-state index in [9.17, 15) is 0 Å². The van der Waals surface area contributed by atoms with E-state index >= 15 is 0 Å². The molecule has 1 atom stereocenters. The quantitative estimate of drug-likeness (QED) is 0.863. The molecule has 1 fully saturated rings. The van der Waals surface area contributed by atoms with Gasteiger partial charge >= 0.3 is 0 Å². The Morgan fingerprint density at radius 2 is 2.38 bits per heavy atom. The summed E-state index contributed by atoms with van der Waals surface area (Å²) in [4.78, 5) is 6.62. The van der Waals surface area contributed by atoms with Gasteiger partial charge in [-0.15, -0.1) is 0 Å². The van der Waals surface area contributed by atoms with Crippen LogP contribution in [-0.4, -0.2) is 34.7 Å². The fraction of sp³-hybridized carbons (Fsp3) is 0.583. The van der Waals surface area contributed by atoms with Crippen molar-refractivity contribution in [3.63, 3.8) is 0 Å². The molecule has 0 radical (unpaired) electrons. The average molecular weight is 285 g/mol. The highest BCUT2D eigenvalue weighted by atomic mass is 79.9. The van der Waals surface area contributed by atoms with E-state index in [1.165, 1.54) is 12.0 Å². The van der Waals surface area contributed by atoms with E-state index in [2.05, 4.69) is 31.9 Å². The van der Waals surface area contributed by atoms with Crippen molar-refractivity contribution in [2.45, 2.75) is 19.4 Å². The van der Waals surface area contributed by atoms with E-state index in [-0.39, 0.29) is 0 Å². The van der Waals surface area contributed by atoms with Gasteiger partial charge in [-0.1, -0.05) is 6.07 Å². The first-order chi connectivity index (χ1) is 7.78. The Balaban J connectivity index is 1.91. The molecule has 1 N–H and O–H groups in total. The molecular formula is C12H17BrN2O. The van der Waals surface area contributed by atoms with Gasteiger partial charge in [0.1, 0.15) is 4.60 Å². The number of aliphatic hydroxyl groups is 1. The second-order valence-electron chi connectivity index (χ2n) is 4.42. The van der Waals surface area contributed by atoms with Gasteiger partial charge in [0.15, 0.2) is 0 Å². The molecule has 2 rings (SSSR count). The fourth-order valence-electron chi connectivity index (χ4n) is 2.20. The predicted molar refractivity (Wildman–Crippen MR) is 67.0 cm³/mol. The molecule has 0 aliphatic carbocycles. The molecule has 16 heavy (non-hydrogen) atoms. The molecule has 1 aromatic heterocycles. The summed E-state index contributed by atoms with van der Waals surface area (Å²) < 4.78 is 0.878. The highest BCUT2D eigenvalue weighted by molar-refractivity contribution is 9.10. The van der Waals surface area contributed by atoms with Gasteiger partial charge in [0.05, 0.1) is 0 Å². The lowest BCUT2D eigenvalue weighted by Gasteiger charge is -2.31. The number of pyridine rings is 1. The largest absolute Gasteiger partial charge is 0.396 e. The zero-order valence-electron chi connectivity index (χ0n) is 9.27. The van der Waals surface area contributed by atoms with E-state index < -0.39 is 0 Å². The summed E-state index contributed by atoms with van der Waals surface area (Å²) in [5.74, 6) is 0.456. The fourth-order valence-corrected chi connectivity index (χ4v) is 2.44. The third-order valence-electron chi connectivity index (χ3n) is 3.06. The number of rotatable bonds is 3. The van der Waals surface area contributed by atoms with Crippen LogP contribution in [-0.2, 0) is 6.54 Å². The summed E-state index contributed by atoms with van der Waals surface area (Å²) in [6, 6.07) is 4.07. The summed E-state index contributed by atoms with van der Waals surface area (Å²) in [6.45, 7) is 3.39. The molecule has 1 saturated heterocycles. The van der Waals surface area contributed by atoms with Gasteiger partial charge in [-0.2, -0.15) is 0 Å². The number of aliphatic hydroxyl groups excluding tert-OH is 1. The van der Waals surface area contributed by atoms with Gasteiger partial charge in [-0.05, 0) is 52.9 Å². The van der Waals surface area contributed by atoms with Crippen LogP contribution in [0.3, 0.4) is 0 Å². The van der Waals surface area contributed by atoms with Crippen molar-refractivity contribution in [3.8, 4) is 0 Å². The van der Waals surface area contributed by atoms with Gasteiger partial charge in [0.25, 0.3) is 0 Å². The van der Waals surface area contributed by atoms with Crippen LogP contribution < -0.4 is 0 Å². The Hall–Kier alpha value is -0.450. The smallest absolute Gasteiger partial charge is 0.106 e. The Morgan fingerprint density at radius 3 is 3.06 bits per heavy atom. The van der Waals surface area contributed by atoms with Crippen molar-refractivity contribution in [2.75, 3.05) is 19.7 Å². The van der Waals surface area contributed by atoms with Crippen LogP contribution in [0.4, 0.5) is 0 Å². The van der Waals surface area contributed by atoms with Gasteiger partial charge in [-0.3, -0.25) is 4.90 Å². The standard InChI is InChI=1S/C12H17BrN2O/c13-12-4-3-10(6-14-12)7-15-5-1-2-11(8-15)9-16/h3-4,6,11,16H,1-2,5,7-9H2/t11-/m1/s1. The lowest BCUT2D eigenvalue weighted by atomic mass is 9.99. The molecule has 0 spiro atoms. The molecule has 0 amide bonds. The van der Waals surface area contributed by atoms with Crippen molar-refractivity contribution in [2.24, 2.45) is 5.92 Å². The Morgan fingerprint density at radius 1 is 1.50 bits per heavy atom. The Labute approximate surface area is 105 Å². The molecule has 3 nitrogen and oxygen atoms in total. The first-order valence-corrected chi connectivity index (χ1v) is 6.51. The summed E-state index contributed by atoms with van der Waals surface area (Å²) >= 11 is 3.33. The molecule has 1 aliphatic rings. The number of aromatic nitrogens is 1. The molecule has 0 aromatic carbocycles. The van der Waals surface area contributed by atoms with E-state index in [1.54, 1.807) is 0 Å². The lowest BCUT2D eigenvalue weighted by Crippen LogP contribution is -2.36. The SMILES string of the molecule is OC[C@@H]1CCCN(Cc2ccc(Br)nc2)C1. The van der Waals surface area contributed by atoms with Gasteiger partial charge in [0, 0.05) is 25.9 Å². The average Bonchev–Trinajstić information content (AvgIpc) is 2.32. The van der Waals surface area contributed by atoms with Crippen LogP contribution in [0.1, 0.15) is 18.4 Å². The summed E-state index contributed by atoms with van der Waals surface area (Å²) in [7, 11) is 0. The van der Waals surface area contributed by atoms with E-state index in [0.717, 1.165) is 30.7 Å². The second-order valence-corrected chi connectivity index (χ2v) is 5.23. The Bertz CT molecular complexity index is 328. The number of likely N-dealkylation sites (tertiary alicyclic amines) is 1. The minimum atomic E-state index is 0.315. The summed E-state index contributed by atoms with van der Waals surface area (Å²) in [5.41, 5.74) is 1.24. The monoisotopic (exact) mass is 284 g/mol. The molecule has 2 heterocycles. The van der Waals surface area contributed by atoms with Crippen LogP contribution in [0.25, 0.3) is 0 Å². The van der Waals surface area contributed by atoms with Gasteiger partial charge < -0.3 is 5.11 Å². The molecule has 0 unspecified atom stereocenters. The van der Waals surface area contributed by atoms with E-state index in [4.69, 9.17) is 5.11 Å². The zero-order valence-corrected chi connectivity index (χ0v) is 10.9. The highest BCUT2D eigenvalue weighted by Gasteiger charge is 2.18. The number of piperidine rings is 1. The number of nitrogens with zero attached hydrogens (tertiary/aromatic N) is 2. The van der Waals surface area contributed by atoms with Gasteiger partial charge in [0.2, 0.25) is 0 Å². The van der Waals surface area contributed by atoms with Crippen LogP contribution in [0.2, 0.25) is 0 Å². The molecule has 88 valence electrons. The van der Waals surface area contributed by atoms with Gasteiger partial charge in [-0.25, -0.2) is 4.98 Å². The molecule has 4 heteroatoms. The van der Waals surface area contributed by atoms with Crippen molar-refractivity contribution >= 4 is 15.9 Å². The van der Waals surface area contributed by atoms with Crippen molar-refractivity contribution < 1.29 is 5.11 Å². The van der Waals surface area contributed by atoms with Crippen molar-refractivity contribution in [3.05, 3.63) is 28.5 Å². The molecule has 1 aliphatic heterocycles. The van der Waals surface area contributed by atoms with Crippen LogP contribution >= 0.6 is 15.9 Å². The van der Waals surface area contributed by atoms with Crippen molar-refractivity contribution in [1.82, 2.24) is 9.88 Å². The molecule has 0 bridgehead atoms. The molecular weight excluding hydrogens is 268 g/mol. The number of hydrogen-bond donors (Lipinski definition) is 1. The van der Waals surface area contributed by atoms with E-state index in [1.807, 2.05) is 12.3 Å². The number of hydrogen-bond acceptors (Lipinski definition) is 3. The Kier molecular flexibility index (Phi) is 4.32. The normalized spacial score (nSPS) is 22.2. The summed E-state index contributed by atoms with van der Waals surface area (Å²) in [6.07, 6.45) is 4.26. The first-order valence-electron chi connectivity index (χ1n) is 5.71. The third kappa shape index (κ3) is 3.27. The lowest BCUT2D eigenvalue weighted by molar-refractivity contribution is 0.116. The maximum absolute atomic E-state index is 9.17. The summed E-state index contributed by atoms with van der Waals surface area (Å²) in [5, 5.41) is 9.17. The predicted octanol–water partition coefficient (Wildman–Crippen LogP) is 2.05. The second kappa shape index (κ2) is 5.75. The third-order valence-corrected chi connectivity index (χ3v) is 3.53. The maximum Gasteiger partial charge on any atom is 0.106 e. The van der Waals surface area contributed by atoms with Crippen LogP contribution in [0, 0.1) is 5.92 Å². The molecule has 0 saturated carbocycles. The number of halogens is 1. The first kappa shape index (κ1) is 12.0.